The molecule has 0 fully saturated rings. The van der Waals surface area contributed by atoms with Crippen LogP contribution in [0.15, 0.2) is 39.8 Å². The van der Waals surface area contributed by atoms with Gasteiger partial charge in [-0.1, -0.05) is 22.9 Å². The summed E-state index contributed by atoms with van der Waals surface area (Å²) in [4.78, 5) is 1.21. The summed E-state index contributed by atoms with van der Waals surface area (Å²) in [5.74, 6) is 0.506. The summed E-state index contributed by atoms with van der Waals surface area (Å²) < 4.78 is 6.14. The van der Waals surface area contributed by atoms with Gasteiger partial charge < -0.3 is 9.63 Å². The number of rotatable bonds is 4. The molecule has 0 amide bonds. The summed E-state index contributed by atoms with van der Waals surface area (Å²) in [7, 11) is 0. The summed E-state index contributed by atoms with van der Waals surface area (Å²) >= 11 is 1.73. The van der Waals surface area contributed by atoms with Crippen molar-refractivity contribution in [3.05, 3.63) is 36.0 Å². The maximum Gasteiger partial charge on any atom is 0.230 e. The van der Waals surface area contributed by atoms with Crippen LogP contribution in [0.4, 0.5) is 0 Å². The molecule has 0 aliphatic rings. The van der Waals surface area contributed by atoms with Crippen LogP contribution in [0, 0.1) is 6.92 Å². The van der Waals surface area contributed by atoms with Crippen LogP contribution in [0.1, 0.15) is 5.69 Å². The molecule has 0 saturated carbocycles. The van der Waals surface area contributed by atoms with Crippen LogP contribution in [0.3, 0.4) is 0 Å². The van der Waals surface area contributed by atoms with Crippen LogP contribution in [0.25, 0.3) is 0 Å². The lowest BCUT2D eigenvalue weighted by molar-refractivity contribution is -0.763. The summed E-state index contributed by atoms with van der Waals surface area (Å²) in [5, 5.41) is 14.7. The first-order chi connectivity index (χ1) is 7.77. The van der Waals surface area contributed by atoms with Gasteiger partial charge in [0.15, 0.2) is 12.5 Å². The maximum absolute atomic E-state index is 11.0. The molecule has 0 atom stereocenters. The Balaban J connectivity index is 1.87. The standard InChI is InChI=1S/C11H12N2O2S/c1-9-11(14)15-12-13(9)7-8-16-10-5-3-2-4-6-10/h2-6H,7-8H2,1H3. The number of hydrogen-bond acceptors (Lipinski definition) is 4. The van der Waals surface area contributed by atoms with Gasteiger partial charge in [-0.25, -0.2) is 0 Å². The van der Waals surface area contributed by atoms with E-state index in [0.717, 1.165) is 5.75 Å². The quantitative estimate of drug-likeness (QED) is 0.590. The first-order valence-electron chi connectivity index (χ1n) is 4.98. The van der Waals surface area contributed by atoms with Crippen molar-refractivity contribution >= 4 is 11.8 Å². The largest absolute Gasteiger partial charge is 0.539 e. The highest BCUT2D eigenvalue weighted by atomic mass is 32.2. The predicted octanol–water partition coefficient (Wildman–Crippen LogP) is 1.14. The summed E-state index contributed by atoms with van der Waals surface area (Å²) in [6.07, 6.45) is 0. The molecule has 1 aromatic heterocycles. The third-order valence-electron chi connectivity index (χ3n) is 2.22. The van der Waals surface area contributed by atoms with E-state index in [1.54, 1.807) is 23.4 Å². The average molecular weight is 236 g/mol. The number of aromatic nitrogens is 2. The van der Waals surface area contributed by atoms with Crippen molar-refractivity contribution in [1.82, 2.24) is 5.27 Å². The van der Waals surface area contributed by atoms with E-state index in [-0.39, 0.29) is 5.95 Å². The first kappa shape index (κ1) is 11.0. The highest BCUT2D eigenvalue weighted by Crippen LogP contribution is 2.16. The molecule has 1 aromatic carbocycles. The molecule has 0 bridgehead atoms. The molecule has 0 aliphatic heterocycles. The van der Waals surface area contributed by atoms with Gasteiger partial charge in [0.05, 0.1) is 11.0 Å². The van der Waals surface area contributed by atoms with Crippen LogP contribution in [0.2, 0.25) is 0 Å². The van der Waals surface area contributed by atoms with Crippen LogP contribution in [-0.4, -0.2) is 11.0 Å². The Hall–Kier alpha value is -1.49. The third-order valence-corrected chi connectivity index (χ3v) is 3.21. The van der Waals surface area contributed by atoms with Gasteiger partial charge in [0.2, 0.25) is 5.69 Å². The second-order valence-corrected chi connectivity index (χ2v) is 4.50. The summed E-state index contributed by atoms with van der Waals surface area (Å²) in [6.45, 7) is 2.39. The molecule has 84 valence electrons. The van der Waals surface area contributed by atoms with Crippen LogP contribution in [0.5, 0.6) is 5.95 Å². The fourth-order valence-electron chi connectivity index (χ4n) is 1.29. The molecule has 0 N–H and O–H groups in total. The zero-order chi connectivity index (χ0) is 11.4. The lowest BCUT2D eigenvalue weighted by Crippen LogP contribution is -2.39. The van der Waals surface area contributed by atoms with Crippen molar-refractivity contribution in [2.45, 2.75) is 18.4 Å². The van der Waals surface area contributed by atoms with Gasteiger partial charge in [0, 0.05) is 11.8 Å². The van der Waals surface area contributed by atoms with Crippen LogP contribution < -0.4 is 9.79 Å². The fourth-order valence-corrected chi connectivity index (χ4v) is 2.14. The van der Waals surface area contributed by atoms with Crippen molar-refractivity contribution in [1.29, 1.82) is 0 Å². The van der Waals surface area contributed by atoms with Gasteiger partial charge in [-0.15, -0.1) is 11.8 Å². The van der Waals surface area contributed by atoms with Crippen molar-refractivity contribution in [2.24, 2.45) is 0 Å². The predicted molar refractivity (Wildman–Crippen MR) is 58.0 cm³/mol. The number of hydrogen-bond donors (Lipinski definition) is 0. The number of thioether (sulfide) groups is 1. The van der Waals surface area contributed by atoms with E-state index in [0.29, 0.717) is 12.2 Å². The molecule has 0 aliphatic carbocycles. The Morgan fingerprint density at radius 1 is 1.38 bits per heavy atom. The first-order valence-corrected chi connectivity index (χ1v) is 5.97. The lowest BCUT2D eigenvalue weighted by Gasteiger charge is -1.97. The van der Waals surface area contributed by atoms with Crippen molar-refractivity contribution in [3.63, 3.8) is 0 Å². The molecule has 5 heteroatoms. The van der Waals surface area contributed by atoms with Crippen molar-refractivity contribution in [3.8, 4) is 5.95 Å². The average Bonchev–Trinajstić information content (AvgIpc) is 2.62. The third kappa shape index (κ3) is 2.55. The second kappa shape index (κ2) is 5.03. The number of aryl methyl sites for hydroxylation is 1. The second-order valence-electron chi connectivity index (χ2n) is 3.33. The molecule has 0 unspecified atom stereocenters. The van der Waals surface area contributed by atoms with Gasteiger partial charge in [0.25, 0.3) is 0 Å². The van der Waals surface area contributed by atoms with E-state index < -0.39 is 0 Å². The Morgan fingerprint density at radius 3 is 2.75 bits per heavy atom. The molecule has 0 radical (unpaired) electrons. The van der Waals surface area contributed by atoms with E-state index >= 15 is 0 Å². The molecule has 0 spiro atoms. The Kier molecular flexibility index (Phi) is 3.46. The van der Waals surface area contributed by atoms with Crippen LogP contribution >= 0.6 is 11.8 Å². The molecular weight excluding hydrogens is 224 g/mol. The summed E-state index contributed by atoms with van der Waals surface area (Å²) in [6, 6.07) is 10.1. The SMILES string of the molecule is Cc1c([O-])on[n+]1CCSc1ccccc1. The number of nitrogens with zero attached hydrogens (tertiary/aromatic N) is 2. The molecule has 1 heterocycles. The molecule has 4 nitrogen and oxygen atoms in total. The highest BCUT2D eigenvalue weighted by Gasteiger charge is 2.11. The van der Waals surface area contributed by atoms with Crippen molar-refractivity contribution < 1.29 is 14.3 Å². The summed E-state index contributed by atoms with van der Waals surface area (Å²) in [5.41, 5.74) is 0.550. The zero-order valence-electron chi connectivity index (χ0n) is 8.92. The topological polar surface area (TPSA) is 53.0 Å². The maximum atomic E-state index is 11.0. The van der Waals surface area contributed by atoms with E-state index in [4.69, 9.17) is 0 Å². The monoisotopic (exact) mass is 236 g/mol. The van der Waals surface area contributed by atoms with Gasteiger partial charge >= 0.3 is 0 Å². The normalized spacial score (nSPS) is 10.6. The van der Waals surface area contributed by atoms with E-state index in [2.05, 4.69) is 21.9 Å². The fraction of sp³-hybridized carbons (Fsp3) is 0.273. The Morgan fingerprint density at radius 2 is 2.12 bits per heavy atom. The van der Waals surface area contributed by atoms with Crippen molar-refractivity contribution in [2.75, 3.05) is 5.75 Å². The van der Waals surface area contributed by atoms with Gasteiger partial charge in [-0.05, 0) is 12.1 Å². The minimum Gasteiger partial charge on any atom is -0.539 e. The van der Waals surface area contributed by atoms with Gasteiger partial charge in [-0.3, -0.25) is 0 Å². The molecule has 2 rings (SSSR count). The van der Waals surface area contributed by atoms with Gasteiger partial charge in [-0.2, -0.15) is 0 Å². The van der Waals surface area contributed by atoms with Gasteiger partial charge in [0.1, 0.15) is 0 Å². The minimum atomic E-state index is -0.357. The Labute approximate surface area is 97.9 Å². The van der Waals surface area contributed by atoms with E-state index in [1.807, 2.05) is 18.2 Å². The molecular formula is C11H12N2O2S. The van der Waals surface area contributed by atoms with E-state index in [1.165, 1.54) is 4.90 Å². The highest BCUT2D eigenvalue weighted by molar-refractivity contribution is 7.99. The molecule has 16 heavy (non-hydrogen) atoms. The lowest BCUT2D eigenvalue weighted by atomic mass is 10.4. The molecule has 0 saturated heterocycles. The van der Waals surface area contributed by atoms with E-state index in [9.17, 15) is 5.11 Å². The number of benzene rings is 1. The Bertz CT molecular complexity index is 456. The minimum absolute atomic E-state index is 0.357. The smallest absolute Gasteiger partial charge is 0.230 e. The van der Waals surface area contributed by atoms with Crippen LogP contribution in [-0.2, 0) is 6.54 Å². The zero-order valence-corrected chi connectivity index (χ0v) is 9.74. The molecule has 2 aromatic rings.